The molecule has 0 atom stereocenters. The van der Waals surface area contributed by atoms with Crippen LogP contribution in [0.4, 0.5) is 5.82 Å². The van der Waals surface area contributed by atoms with Crippen molar-refractivity contribution in [2.45, 2.75) is 12.8 Å². The average molecular weight is 296 g/mol. The number of rotatable bonds is 4. The summed E-state index contributed by atoms with van der Waals surface area (Å²) in [6.45, 7) is 3.23. The van der Waals surface area contributed by atoms with Crippen LogP contribution in [0.3, 0.4) is 0 Å². The summed E-state index contributed by atoms with van der Waals surface area (Å²) in [5, 5.41) is 0. The molecule has 1 aliphatic heterocycles. The van der Waals surface area contributed by atoms with Gasteiger partial charge in [0, 0.05) is 51.2 Å². The number of hydrogen-bond acceptors (Lipinski definition) is 4. The Hall–Kier alpha value is -2.43. The van der Waals surface area contributed by atoms with E-state index in [0.717, 1.165) is 44.0 Å². The van der Waals surface area contributed by atoms with E-state index in [1.54, 1.807) is 12.4 Å². The number of anilines is 1. The van der Waals surface area contributed by atoms with Crippen LogP contribution in [0.5, 0.6) is 0 Å². The van der Waals surface area contributed by atoms with Crippen LogP contribution in [0.1, 0.15) is 12.0 Å². The first-order valence-electron chi connectivity index (χ1n) is 7.65. The molecule has 0 radical (unpaired) electrons. The summed E-state index contributed by atoms with van der Waals surface area (Å²) in [6, 6.07) is 9.86. The van der Waals surface area contributed by atoms with E-state index in [1.807, 2.05) is 41.4 Å². The van der Waals surface area contributed by atoms with Crippen molar-refractivity contribution >= 4 is 11.7 Å². The molecule has 0 saturated carbocycles. The number of piperazine rings is 1. The van der Waals surface area contributed by atoms with E-state index < -0.39 is 0 Å². The lowest BCUT2D eigenvalue weighted by molar-refractivity contribution is -0.131. The SMILES string of the molecule is O=C(CCc1ccncc1)N1CCN(c2ccccn2)CC1. The highest BCUT2D eigenvalue weighted by molar-refractivity contribution is 5.76. The van der Waals surface area contributed by atoms with Gasteiger partial charge in [0.2, 0.25) is 5.91 Å². The first kappa shape index (κ1) is 14.5. The van der Waals surface area contributed by atoms with E-state index in [9.17, 15) is 4.79 Å². The Labute approximate surface area is 130 Å². The average Bonchev–Trinajstić information content (AvgIpc) is 2.61. The molecular formula is C17H20N4O. The highest BCUT2D eigenvalue weighted by atomic mass is 16.2. The second kappa shape index (κ2) is 7.02. The van der Waals surface area contributed by atoms with Crippen LogP contribution in [0.15, 0.2) is 48.9 Å². The zero-order chi connectivity index (χ0) is 15.2. The van der Waals surface area contributed by atoms with Gasteiger partial charge in [-0.25, -0.2) is 4.98 Å². The second-order valence-corrected chi connectivity index (χ2v) is 5.41. The molecule has 0 N–H and O–H groups in total. The Morgan fingerprint density at radius 3 is 2.45 bits per heavy atom. The largest absolute Gasteiger partial charge is 0.353 e. The second-order valence-electron chi connectivity index (χ2n) is 5.41. The summed E-state index contributed by atoms with van der Waals surface area (Å²) < 4.78 is 0. The maximum atomic E-state index is 12.3. The molecule has 1 fully saturated rings. The van der Waals surface area contributed by atoms with Crippen molar-refractivity contribution < 1.29 is 4.79 Å². The van der Waals surface area contributed by atoms with E-state index in [2.05, 4.69) is 14.9 Å². The molecule has 1 amide bonds. The predicted molar refractivity (Wildman–Crippen MR) is 85.6 cm³/mol. The van der Waals surface area contributed by atoms with Crippen molar-refractivity contribution in [2.24, 2.45) is 0 Å². The third-order valence-electron chi connectivity index (χ3n) is 3.98. The van der Waals surface area contributed by atoms with Gasteiger partial charge < -0.3 is 9.80 Å². The van der Waals surface area contributed by atoms with Gasteiger partial charge in [-0.3, -0.25) is 9.78 Å². The minimum Gasteiger partial charge on any atom is -0.353 e. The summed E-state index contributed by atoms with van der Waals surface area (Å²) in [7, 11) is 0. The number of carbonyl (C=O) groups is 1. The molecule has 0 spiro atoms. The van der Waals surface area contributed by atoms with Gasteiger partial charge in [-0.1, -0.05) is 6.07 Å². The summed E-state index contributed by atoms with van der Waals surface area (Å²) in [6.07, 6.45) is 6.69. The minimum atomic E-state index is 0.234. The third kappa shape index (κ3) is 3.61. The molecule has 0 aliphatic carbocycles. The normalized spacial score (nSPS) is 14.9. The van der Waals surface area contributed by atoms with Crippen molar-refractivity contribution in [2.75, 3.05) is 31.1 Å². The van der Waals surface area contributed by atoms with E-state index in [4.69, 9.17) is 0 Å². The summed E-state index contributed by atoms with van der Waals surface area (Å²) in [5.41, 5.74) is 1.16. The lowest BCUT2D eigenvalue weighted by Gasteiger charge is -2.35. The van der Waals surface area contributed by atoms with Gasteiger partial charge in [0.15, 0.2) is 0 Å². The maximum absolute atomic E-state index is 12.3. The number of hydrogen-bond donors (Lipinski definition) is 0. The fraction of sp³-hybridized carbons (Fsp3) is 0.353. The summed E-state index contributed by atoms with van der Waals surface area (Å²) >= 11 is 0. The molecule has 22 heavy (non-hydrogen) atoms. The van der Waals surface area contributed by atoms with Gasteiger partial charge >= 0.3 is 0 Å². The van der Waals surface area contributed by atoms with Crippen molar-refractivity contribution in [1.29, 1.82) is 0 Å². The molecule has 0 unspecified atom stereocenters. The standard InChI is InChI=1S/C17H20N4O/c22-17(5-4-15-6-9-18-10-7-15)21-13-11-20(12-14-21)16-3-1-2-8-19-16/h1-3,6-10H,4-5,11-14H2. The molecule has 2 aromatic heterocycles. The fourth-order valence-electron chi connectivity index (χ4n) is 2.68. The Morgan fingerprint density at radius 1 is 1.00 bits per heavy atom. The molecular weight excluding hydrogens is 276 g/mol. The molecule has 1 saturated heterocycles. The molecule has 0 bridgehead atoms. The van der Waals surface area contributed by atoms with Crippen LogP contribution in [-0.2, 0) is 11.2 Å². The van der Waals surface area contributed by atoms with Gasteiger partial charge in [0.1, 0.15) is 5.82 Å². The topological polar surface area (TPSA) is 49.3 Å². The van der Waals surface area contributed by atoms with Crippen molar-refractivity contribution in [3.63, 3.8) is 0 Å². The highest BCUT2D eigenvalue weighted by Gasteiger charge is 2.21. The smallest absolute Gasteiger partial charge is 0.223 e. The van der Waals surface area contributed by atoms with Gasteiger partial charge in [-0.15, -0.1) is 0 Å². The Bertz CT molecular complexity index is 595. The Morgan fingerprint density at radius 2 is 1.77 bits per heavy atom. The summed E-state index contributed by atoms with van der Waals surface area (Å²) in [5.74, 6) is 1.23. The number of nitrogens with zero attached hydrogens (tertiary/aromatic N) is 4. The van der Waals surface area contributed by atoms with Crippen molar-refractivity contribution in [3.8, 4) is 0 Å². The number of amides is 1. The van der Waals surface area contributed by atoms with Crippen LogP contribution < -0.4 is 4.90 Å². The number of pyridine rings is 2. The molecule has 1 aliphatic rings. The zero-order valence-electron chi connectivity index (χ0n) is 12.6. The molecule has 5 heteroatoms. The lowest BCUT2D eigenvalue weighted by atomic mass is 10.1. The van der Waals surface area contributed by atoms with E-state index >= 15 is 0 Å². The van der Waals surface area contributed by atoms with E-state index in [0.29, 0.717) is 6.42 Å². The van der Waals surface area contributed by atoms with E-state index in [1.165, 1.54) is 0 Å². The zero-order valence-corrected chi connectivity index (χ0v) is 12.6. The summed E-state index contributed by atoms with van der Waals surface area (Å²) in [4.78, 5) is 24.8. The van der Waals surface area contributed by atoms with Crippen LogP contribution in [0.25, 0.3) is 0 Å². The van der Waals surface area contributed by atoms with Gasteiger partial charge in [0.05, 0.1) is 0 Å². The van der Waals surface area contributed by atoms with Gasteiger partial charge in [-0.05, 0) is 36.2 Å². The number of aryl methyl sites for hydroxylation is 1. The number of aromatic nitrogens is 2. The van der Waals surface area contributed by atoms with Crippen LogP contribution in [-0.4, -0.2) is 47.0 Å². The van der Waals surface area contributed by atoms with Crippen molar-refractivity contribution in [1.82, 2.24) is 14.9 Å². The molecule has 5 nitrogen and oxygen atoms in total. The molecule has 3 heterocycles. The number of carbonyl (C=O) groups excluding carboxylic acids is 1. The quantitative estimate of drug-likeness (QED) is 0.862. The third-order valence-corrected chi connectivity index (χ3v) is 3.98. The fourth-order valence-corrected chi connectivity index (χ4v) is 2.68. The first-order valence-corrected chi connectivity index (χ1v) is 7.65. The predicted octanol–water partition coefficient (Wildman–Crippen LogP) is 1.76. The molecule has 114 valence electrons. The molecule has 2 aromatic rings. The van der Waals surface area contributed by atoms with Gasteiger partial charge in [0.25, 0.3) is 0 Å². The Balaban J connectivity index is 1.48. The Kier molecular flexibility index (Phi) is 4.63. The maximum Gasteiger partial charge on any atom is 0.223 e. The molecule has 3 rings (SSSR count). The minimum absolute atomic E-state index is 0.234. The molecule has 0 aromatic carbocycles. The van der Waals surface area contributed by atoms with Crippen LogP contribution in [0, 0.1) is 0 Å². The van der Waals surface area contributed by atoms with Gasteiger partial charge in [-0.2, -0.15) is 0 Å². The monoisotopic (exact) mass is 296 g/mol. The van der Waals surface area contributed by atoms with Crippen molar-refractivity contribution in [3.05, 3.63) is 54.5 Å². The first-order chi connectivity index (χ1) is 10.8. The van der Waals surface area contributed by atoms with E-state index in [-0.39, 0.29) is 5.91 Å². The van der Waals surface area contributed by atoms with Crippen LogP contribution >= 0.6 is 0 Å². The lowest BCUT2D eigenvalue weighted by Crippen LogP contribution is -2.49. The highest BCUT2D eigenvalue weighted by Crippen LogP contribution is 2.13. The van der Waals surface area contributed by atoms with Crippen LogP contribution in [0.2, 0.25) is 0 Å².